The molecule has 2 N–H and O–H groups in total. The predicted octanol–water partition coefficient (Wildman–Crippen LogP) is 0.625. The standard InChI is InChI=1S/C13H20N2O/c1-15(6-7-16)10-13-8-11-4-2-3-5-12(11)9-14-13/h2-5,13-14,16H,6-10H2,1H3/t13-/m0/s1. The van der Waals surface area contributed by atoms with E-state index >= 15 is 0 Å². The molecule has 0 bridgehead atoms. The molecule has 1 aliphatic rings. The third kappa shape index (κ3) is 2.82. The summed E-state index contributed by atoms with van der Waals surface area (Å²) >= 11 is 0. The number of hydrogen-bond donors (Lipinski definition) is 2. The van der Waals surface area contributed by atoms with E-state index in [0.717, 1.165) is 26.1 Å². The highest BCUT2D eigenvalue weighted by Gasteiger charge is 2.18. The molecule has 16 heavy (non-hydrogen) atoms. The lowest BCUT2D eigenvalue weighted by molar-refractivity contribution is 0.205. The number of rotatable bonds is 4. The Kier molecular flexibility index (Phi) is 3.93. The molecule has 0 saturated carbocycles. The van der Waals surface area contributed by atoms with E-state index in [2.05, 4.69) is 41.5 Å². The van der Waals surface area contributed by atoms with E-state index in [0.29, 0.717) is 6.04 Å². The van der Waals surface area contributed by atoms with Gasteiger partial charge in [0, 0.05) is 25.7 Å². The number of aliphatic hydroxyl groups excluding tert-OH is 1. The maximum Gasteiger partial charge on any atom is 0.0558 e. The number of likely N-dealkylation sites (N-methyl/N-ethyl adjacent to an activating group) is 1. The van der Waals surface area contributed by atoms with E-state index in [4.69, 9.17) is 5.11 Å². The van der Waals surface area contributed by atoms with Gasteiger partial charge in [-0.15, -0.1) is 0 Å². The topological polar surface area (TPSA) is 35.5 Å². The van der Waals surface area contributed by atoms with Gasteiger partial charge in [0.05, 0.1) is 6.61 Å². The van der Waals surface area contributed by atoms with Crippen LogP contribution < -0.4 is 5.32 Å². The lowest BCUT2D eigenvalue weighted by Gasteiger charge is -2.29. The van der Waals surface area contributed by atoms with Crippen LogP contribution in [-0.4, -0.2) is 42.8 Å². The molecule has 0 spiro atoms. The molecule has 1 aromatic carbocycles. The van der Waals surface area contributed by atoms with E-state index in [-0.39, 0.29) is 6.61 Å². The summed E-state index contributed by atoms with van der Waals surface area (Å²) in [5.74, 6) is 0. The molecular weight excluding hydrogens is 200 g/mol. The molecule has 2 rings (SSSR count). The second-order valence-corrected chi connectivity index (χ2v) is 4.54. The molecule has 3 heteroatoms. The smallest absolute Gasteiger partial charge is 0.0558 e. The van der Waals surface area contributed by atoms with Gasteiger partial charge in [-0.1, -0.05) is 24.3 Å². The van der Waals surface area contributed by atoms with Gasteiger partial charge < -0.3 is 15.3 Å². The summed E-state index contributed by atoms with van der Waals surface area (Å²) in [4.78, 5) is 2.17. The Hall–Kier alpha value is -0.900. The van der Waals surface area contributed by atoms with Gasteiger partial charge in [-0.05, 0) is 24.6 Å². The second-order valence-electron chi connectivity index (χ2n) is 4.54. The zero-order valence-electron chi connectivity index (χ0n) is 9.82. The molecule has 0 amide bonds. The van der Waals surface area contributed by atoms with Crippen molar-refractivity contribution in [2.24, 2.45) is 0 Å². The quantitative estimate of drug-likeness (QED) is 0.781. The van der Waals surface area contributed by atoms with Gasteiger partial charge >= 0.3 is 0 Å². The number of fused-ring (bicyclic) bond motifs is 1. The Morgan fingerprint density at radius 2 is 2.12 bits per heavy atom. The molecule has 0 aromatic heterocycles. The Bertz CT molecular complexity index is 340. The van der Waals surface area contributed by atoms with Crippen LogP contribution in [0, 0.1) is 0 Å². The summed E-state index contributed by atoms with van der Waals surface area (Å²) in [5, 5.41) is 12.4. The van der Waals surface area contributed by atoms with Crippen LogP contribution in [0.15, 0.2) is 24.3 Å². The third-order valence-electron chi connectivity index (χ3n) is 3.18. The molecule has 3 nitrogen and oxygen atoms in total. The highest BCUT2D eigenvalue weighted by Crippen LogP contribution is 2.16. The van der Waals surface area contributed by atoms with E-state index in [9.17, 15) is 0 Å². The fourth-order valence-corrected chi connectivity index (χ4v) is 2.29. The maximum atomic E-state index is 8.86. The first-order valence-corrected chi connectivity index (χ1v) is 5.89. The molecule has 0 unspecified atom stereocenters. The Morgan fingerprint density at radius 1 is 1.38 bits per heavy atom. The molecular formula is C13H20N2O. The first kappa shape index (κ1) is 11.6. The number of aliphatic hydroxyl groups is 1. The number of nitrogens with zero attached hydrogens (tertiary/aromatic N) is 1. The lowest BCUT2D eigenvalue weighted by atomic mass is 9.96. The fourth-order valence-electron chi connectivity index (χ4n) is 2.29. The monoisotopic (exact) mass is 220 g/mol. The molecule has 1 aromatic rings. The van der Waals surface area contributed by atoms with Crippen LogP contribution in [0.25, 0.3) is 0 Å². The Morgan fingerprint density at radius 3 is 2.88 bits per heavy atom. The molecule has 88 valence electrons. The van der Waals surface area contributed by atoms with Crippen molar-refractivity contribution in [1.82, 2.24) is 10.2 Å². The van der Waals surface area contributed by atoms with E-state index in [1.54, 1.807) is 0 Å². The molecule has 0 radical (unpaired) electrons. The summed E-state index contributed by atoms with van der Waals surface area (Å²) in [7, 11) is 2.05. The van der Waals surface area contributed by atoms with Crippen LogP contribution in [-0.2, 0) is 13.0 Å². The SMILES string of the molecule is CN(CCO)C[C@@H]1Cc2ccccc2CN1. The number of hydrogen-bond acceptors (Lipinski definition) is 3. The normalized spacial score (nSPS) is 19.8. The van der Waals surface area contributed by atoms with Gasteiger partial charge in [-0.2, -0.15) is 0 Å². The molecule has 0 fully saturated rings. The van der Waals surface area contributed by atoms with E-state index < -0.39 is 0 Å². The first-order chi connectivity index (χ1) is 7.79. The van der Waals surface area contributed by atoms with Crippen LogP contribution in [0.4, 0.5) is 0 Å². The average Bonchev–Trinajstić information content (AvgIpc) is 2.29. The van der Waals surface area contributed by atoms with Crippen LogP contribution >= 0.6 is 0 Å². The Labute approximate surface area is 97.1 Å². The van der Waals surface area contributed by atoms with Crippen molar-refractivity contribution in [3.8, 4) is 0 Å². The van der Waals surface area contributed by atoms with Crippen LogP contribution in [0.5, 0.6) is 0 Å². The second kappa shape index (κ2) is 5.43. The summed E-state index contributed by atoms with van der Waals surface area (Å²) in [6, 6.07) is 9.12. The summed E-state index contributed by atoms with van der Waals surface area (Å²) < 4.78 is 0. The van der Waals surface area contributed by atoms with Gasteiger partial charge in [-0.25, -0.2) is 0 Å². The van der Waals surface area contributed by atoms with E-state index in [1.807, 2.05) is 0 Å². The minimum absolute atomic E-state index is 0.236. The van der Waals surface area contributed by atoms with Gasteiger partial charge in [0.2, 0.25) is 0 Å². The highest BCUT2D eigenvalue weighted by atomic mass is 16.3. The molecule has 1 atom stereocenters. The zero-order chi connectivity index (χ0) is 11.4. The molecule has 0 saturated heterocycles. The van der Waals surface area contributed by atoms with Crippen LogP contribution in [0.3, 0.4) is 0 Å². The molecule has 1 heterocycles. The summed E-state index contributed by atoms with van der Waals surface area (Å²) in [6.45, 7) is 2.95. The maximum absolute atomic E-state index is 8.86. The number of nitrogens with one attached hydrogen (secondary N) is 1. The number of benzene rings is 1. The molecule has 0 aliphatic carbocycles. The van der Waals surface area contributed by atoms with Gasteiger partial charge in [0.25, 0.3) is 0 Å². The van der Waals surface area contributed by atoms with Gasteiger partial charge in [0.1, 0.15) is 0 Å². The van der Waals surface area contributed by atoms with Crippen molar-refractivity contribution in [2.45, 2.75) is 19.0 Å². The lowest BCUT2D eigenvalue weighted by Crippen LogP contribution is -2.44. The first-order valence-electron chi connectivity index (χ1n) is 5.89. The zero-order valence-corrected chi connectivity index (χ0v) is 9.82. The minimum Gasteiger partial charge on any atom is -0.395 e. The molecule has 1 aliphatic heterocycles. The van der Waals surface area contributed by atoms with Crippen molar-refractivity contribution in [3.63, 3.8) is 0 Å². The largest absolute Gasteiger partial charge is 0.395 e. The van der Waals surface area contributed by atoms with Crippen LogP contribution in [0.1, 0.15) is 11.1 Å². The van der Waals surface area contributed by atoms with Crippen LogP contribution in [0.2, 0.25) is 0 Å². The predicted molar refractivity (Wildman–Crippen MR) is 65.4 cm³/mol. The summed E-state index contributed by atoms with van der Waals surface area (Å²) in [6.07, 6.45) is 1.09. The van der Waals surface area contributed by atoms with Crippen molar-refractivity contribution >= 4 is 0 Å². The van der Waals surface area contributed by atoms with Crippen molar-refractivity contribution in [3.05, 3.63) is 35.4 Å². The fraction of sp³-hybridized carbons (Fsp3) is 0.538. The average molecular weight is 220 g/mol. The van der Waals surface area contributed by atoms with E-state index in [1.165, 1.54) is 11.1 Å². The third-order valence-corrected chi connectivity index (χ3v) is 3.18. The van der Waals surface area contributed by atoms with Gasteiger partial charge in [-0.3, -0.25) is 0 Å². The highest BCUT2D eigenvalue weighted by molar-refractivity contribution is 5.29. The Balaban J connectivity index is 1.92. The van der Waals surface area contributed by atoms with Crippen molar-refractivity contribution in [1.29, 1.82) is 0 Å². The van der Waals surface area contributed by atoms with Gasteiger partial charge in [0.15, 0.2) is 0 Å². The van der Waals surface area contributed by atoms with Crippen molar-refractivity contribution < 1.29 is 5.11 Å². The minimum atomic E-state index is 0.236. The summed E-state index contributed by atoms with van der Waals surface area (Å²) in [5.41, 5.74) is 2.88. The van der Waals surface area contributed by atoms with Crippen molar-refractivity contribution in [2.75, 3.05) is 26.7 Å².